The number of ether oxygens (including phenoxy) is 3. The number of aromatic nitrogens is 2. The Hall–Kier alpha value is -3.32. The van der Waals surface area contributed by atoms with E-state index in [0.29, 0.717) is 41.8 Å². The molecule has 1 N–H and O–H groups in total. The summed E-state index contributed by atoms with van der Waals surface area (Å²) >= 11 is 12.2. The summed E-state index contributed by atoms with van der Waals surface area (Å²) in [7, 11) is 2.99. The maximum atomic E-state index is 13.3. The molecule has 3 aromatic heterocycles. The molecule has 0 unspecified atom stereocenters. The molecule has 1 fully saturated rings. The zero-order valence-corrected chi connectivity index (χ0v) is 23.5. The van der Waals surface area contributed by atoms with Gasteiger partial charge < -0.3 is 34.0 Å². The van der Waals surface area contributed by atoms with Gasteiger partial charge in [-0.1, -0.05) is 23.2 Å². The predicted octanol–water partition coefficient (Wildman–Crippen LogP) is 4.83. The van der Waals surface area contributed by atoms with Gasteiger partial charge in [0.05, 0.1) is 18.4 Å². The van der Waals surface area contributed by atoms with E-state index in [1.165, 1.54) is 18.4 Å². The van der Waals surface area contributed by atoms with E-state index in [4.69, 9.17) is 46.7 Å². The number of hydroxylamine groups is 2. The van der Waals surface area contributed by atoms with Gasteiger partial charge in [0, 0.05) is 31.8 Å². The van der Waals surface area contributed by atoms with Gasteiger partial charge in [-0.25, -0.2) is 9.78 Å². The molecule has 1 aliphatic rings. The van der Waals surface area contributed by atoms with E-state index in [1.807, 2.05) is 0 Å². The topological polar surface area (TPSA) is 139 Å². The summed E-state index contributed by atoms with van der Waals surface area (Å²) in [6.45, 7) is 5.95. The average molecular weight is 583 g/mol. The van der Waals surface area contributed by atoms with Crippen molar-refractivity contribution < 1.29 is 37.8 Å². The first-order chi connectivity index (χ1) is 18.4. The predicted molar refractivity (Wildman–Crippen MR) is 141 cm³/mol. The lowest BCUT2D eigenvalue weighted by molar-refractivity contribution is -0.605. The van der Waals surface area contributed by atoms with Gasteiger partial charge in [-0.05, 0) is 39.7 Å². The molecule has 1 saturated heterocycles. The monoisotopic (exact) mass is 582 g/mol. The van der Waals surface area contributed by atoms with Gasteiger partial charge in [0.15, 0.2) is 5.58 Å². The smallest absolute Gasteiger partial charge is 0.528 e. The van der Waals surface area contributed by atoms with Crippen molar-refractivity contribution in [3.63, 3.8) is 0 Å². The van der Waals surface area contributed by atoms with E-state index < -0.39 is 23.3 Å². The molecule has 12 nitrogen and oxygen atoms in total. The third kappa shape index (κ3) is 6.14. The molecule has 1 amide bonds. The van der Waals surface area contributed by atoms with Crippen molar-refractivity contribution >= 4 is 51.9 Å². The van der Waals surface area contributed by atoms with Crippen LogP contribution in [0, 0.1) is 5.21 Å². The standard InChI is InChI=1S/C25H28Cl2N4O8/c1-24(2,3)38-23(33)39-31-8-6-25(36-5,7-9-31)18-10-14-15(11-28-22(35-4)20(14)37-18)21(32)29-19-16(26)12-30(34)13-17(19)27/h10-13H,6-9H2,1-5H3,(H,29,32). The van der Waals surface area contributed by atoms with Gasteiger partial charge in [-0.15, -0.1) is 5.06 Å². The number of methoxy groups -OCH3 is 2. The number of nitrogens with one attached hydrogen (secondary N) is 1. The Morgan fingerprint density at radius 3 is 2.38 bits per heavy atom. The van der Waals surface area contributed by atoms with Crippen LogP contribution in [0.5, 0.6) is 5.88 Å². The highest BCUT2D eigenvalue weighted by atomic mass is 35.5. The SMILES string of the molecule is COc1ncc(C(=O)Nc2c(Cl)c[n+]([O-])cc2Cl)c2cc(C3(OC)CCN(OC(=O)OC(C)(C)C)CC3)oc12. The molecule has 1 aliphatic heterocycles. The van der Waals surface area contributed by atoms with Crippen LogP contribution in [0.25, 0.3) is 11.0 Å². The fourth-order valence-electron chi connectivity index (χ4n) is 4.22. The van der Waals surface area contributed by atoms with E-state index >= 15 is 0 Å². The number of hydrogen-bond donors (Lipinski definition) is 1. The highest BCUT2D eigenvalue weighted by molar-refractivity contribution is 6.39. The molecule has 4 heterocycles. The van der Waals surface area contributed by atoms with Crippen LogP contribution in [-0.2, 0) is 19.9 Å². The van der Waals surface area contributed by atoms with E-state index in [-0.39, 0.29) is 32.8 Å². The molecule has 0 radical (unpaired) electrons. The summed E-state index contributed by atoms with van der Waals surface area (Å²) < 4.78 is 23.1. The van der Waals surface area contributed by atoms with Crippen LogP contribution in [0.3, 0.4) is 0 Å². The quantitative estimate of drug-likeness (QED) is 0.244. The number of anilines is 1. The Morgan fingerprint density at radius 2 is 1.82 bits per heavy atom. The molecule has 0 aromatic carbocycles. The first-order valence-electron chi connectivity index (χ1n) is 11.9. The second-order valence-electron chi connectivity index (χ2n) is 9.86. The maximum absolute atomic E-state index is 13.3. The number of amides is 1. The van der Waals surface area contributed by atoms with Gasteiger partial charge in [-0.3, -0.25) is 4.79 Å². The van der Waals surface area contributed by atoms with Gasteiger partial charge in [0.2, 0.25) is 12.4 Å². The summed E-state index contributed by atoms with van der Waals surface area (Å²) in [5.74, 6) is 0.0374. The summed E-state index contributed by atoms with van der Waals surface area (Å²) in [5, 5.41) is 16.0. The third-order valence-corrected chi connectivity index (χ3v) is 6.70. The maximum Gasteiger partial charge on any atom is 0.528 e. The molecule has 39 heavy (non-hydrogen) atoms. The Balaban J connectivity index is 1.61. The molecule has 0 atom stereocenters. The van der Waals surface area contributed by atoms with E-state index in [1.54, 1.807) is 33.9 Å². The zero-order valence-electron chi connectivity index (χ0n) is 22.0. The van der Waals surface area contributed by atoms with Gasteiger partial charge in [0.25, 0.3) is 11.8 Å². The van der Waals surface area contributed by atoms with Gasteiger partial charge >= 0.3 is 6.16 Å². The Bertz CT molecular complexity index is 1370. The van der Waals surface area contributed by atoms with Crippen LogP contribution < -0.4 is 14.8 Å². The molecule has 0 bridgehead atoms. The number of furan rings is 1. The number of piperidine rings is 1. The third-order valence-electron chi connectivity index (χ3n) is 6.13. The number of carbonyl (C=O) groups is 2. The second-order valence-corrected chi connectivity index (χ2v) is 10.7. The van der Waals surface area contributed by atoms with Crippen molar-refractivity contribution in [1.82, 2.24) is 10.0 Å². The lowest BCUT2D eigenvalue weighted by atomic mass is 9.89. The molecule has 0 aliphatic carbocycles. The minimum Gasteiger partial charge on any atom is -0.619 e. The van der Waals surface area contributed by atoms with Crippen LogP contribution in [0.2, 0.25) is 10.0 Å². The molecular formula is C25H28Cl2N4O8. The highest BCUT2D eigenvalue weighted by Gasteiger charge is 2.41. The molecule has 4 rings (SSSR count). The number of hydrogen-bond acceptors (Lipinski definition) is 10. The minimum atomic E-state index is -0.876. The second kappa shape index (κ2) is 11.0. The molecule has 210 valence electrons. The average Bonchev–Trinajstić information content (AvgIpc) is 3.31. The van der Waals surface area contributed by atoms with Crippen LogP contribution in [0.1, 0.15) is 49.7 Å². The lowest BCUT2D eigenvalue weighted by Crippen LogP contribution is -2.44. The Kier molecular flexibility index (Phi) is 8.12. The lowest BCUT2D eigenvalue weighted by Gasteiger charge is -2.38. The van der Waals surface area contributed by atoms with E-state index in [2.05, 4.69) is 10.3 Å². The minimum absolute atomic E-state index is 0.0323. The summed E-state index contributed by atoms with van der Waals surface area (Å²) in [5.41, 5.74) is -1.08. The van der Waals surface area contributed by atoms with Crippen molar-refractivity contribution in [1.29, 1.82) is 0 Å². The summed E-state index contributed by atoms with van der Waals surface area (Å²) in [4.78, 5) is 34.9. The van der Waals surface area contributed by atoms with Crippen LogP contribution in [0.4, 0.5) is 10.5 Å². The fourth-order valence-corrected chi connectivity index (χ4v) is 4.76. The number of carbonyl (C=O) groups excluding carboxylic acids is 2. The van der Waals surface area contributed by atoms with Crippen LogP contribution in [-0.4, -0.2) is 55.0 Å². The number of rotatable bonds is 6. The Labute approximate surface area is 234 Å². The normalized spacial score (nSPS) is 15.7. The van der Waals surface area contributed by atoms with Crippen molar-refractivity contribution in [2.45, 2.75) is 44.8 Å². The van der Waals surface area contributed by atoms with Gasteiger partial charge in [-0.2, -0.15) is 4.73 Å². The number of nitrogens with zero attached hydrogens (tertiary/aromatic N) is 3. The summed E-state index contributed by atoms with van der Waals surface area (Å²) in [6.07, 6.45) is 3.52. The number of pyridine rings is 2. The molecule has 3 aromatic rings. The van der Waals surface area contributed by atoms with Crippen molar-refractivity contribution in [3.8, 4) is 5.88 Å². The fraction of sp³-hybridized carbons (Fsp3) is 0.440. The zero-order chi connectivity index (χ0) is 28.5. The number of halogens is 2. The van der Waals surface area contributed by atoms with Crippen molar-refractivity contribution in [2.24, 2.45) is 0 Å². The van der Waals surface area contributed by atoms with Crippen LogP contribution in [0.15, 0.2) is 29.1 Å². The largest absolute Gasteiger partial charge is 0.619 e. The van der Waals surface area contributed by atoms with E-state index in [9.17, 15) is 14.8 Å². The summed E-state index contributed by atoms with van der Waals surface area (Å²) in [6, 6.07) is 1.70. The molecular weight excluding hydrogens is 555 g/mol. The first kappa shape index (κ1) is 28.7. The highest BCUT2D eigenvalue weighted by Crippen LogP contribution is 2.41. The van der Waals surface area contributed by atoms with Crippen molar-refractivity contribution in [2.75, 3.05) is 32.6 Å². The van der Waals surface area contributed by atoms with E-state index in [0.717, 1.165) is 12.4 Å². The number of fused-ring (bicyclic) bond motifs is 1. The molecule has 14 heteroatoms. The first-order valence-corrected chi connectivity index (χ1v) is 12.7. The molecule has 0 saturated carbocycles. The molecule has 0 spiro atoms. The van der Waals surface area contributed by atoms with Crippen molar-refractivity contribution in [3.05, 3.63) is 51.2 Å². The Morgan fingerprint density at radius 1 is 1.18 bits per heavy atom. The van der Waals surface area contributed by atoms with Gasteiger partial charge in [0.1, 0.15) is 27.0 Å². The van der Waals surface area contributed by atoms with Crippen LogP contribution >= 0.6 is 23.2 Å².